The second-order valence-corrected chi connectivity index (χ2v) is 9.45. The third-order valence-electron chi connectivity index (χ3n) is 6.68. The highest BCUT2D eigenvalue weighted by atomic mass is 16.4. The van der Waals surface area contributed by atoms with Gasteiger partial charge in [0.05, 0.1) is 12.4 Å². The van der Waals surface area contributed by atoms with Crippen molar-refractivity contribution in [2.24, 2.45) is 5.92 Å². The van der Waals surface area contributed by atoms with Crippen LogP contribution in [0.5, 0.6) is 0 Å². The molecule has 0 radical (unpaired) electrons. The lowest BCUT2D eigenvalue weighted by atomic mass is 9.98. The molecule has 37 heavy (non-hydrogen) atoms. The molecule has 0 saturated carbocycles. The van der Waals surface area contributed by atoms with Gasteiger partial charge in [-0.15, -0.1) is 0 Å². The molecular formula is C26H36N6O5. The van der Waals surface area contributed by atoms with E-state index in [0.29, 0.717) is 18.5 Å². The molecule has 2 aromatic rings. The number of H-pyrrole nitrogens is 1. The maximum Gasteiger partial charge on any atom is 0.326 e. The Morgan fingerprint density at radius 1 is 1.05 bits per heavy atom. The highest BCUT2D eigenvalue weighted by Crippen LogP contribution is 2.11. The molecule has 1 aromatic heterocycles. The van der Waals surface area contributed by atoms with Gasteiger partial charge in [-0.2, -0.15) is 0 Å². The van der Waals surface area contributed by atoms with Gasteiger partial charge in [0.2, 0.25) is 17.7 Å². The van der Waals surface area contributed by atoms with Gasteiger partial charge in [-0.25, -0.2) is 9.78 Å². The van der Waals surface area contributed by atoms with E-state index in [1.165, 1.54) is 6.33 Å². The first kappa shape index (κ1) is 27.9. The van der Waals surface area contributed by atoms with Gasteiger partial charge in [0.25, 0.3) is 0 Å². The highest BCUT2D eigenvalue weighted by Gasteiger charge is 2.33. The number of carboxylic acid groups (broad SMARTS) is 1. The number of benzene rings is 1. The Labute approximate surface area is 216 Å². The van der Waals surface area contributed by atoms with Gasteiger partial charge in [0.15, 0.2) is 0 Å². The molecule has 1 fully saturated rings. The van der Waals surface area contributed by atoms with Crippen molar-refractivity contribution in [1.82, 2.24) is 31.2 Å². The second-order valence-electron chi connectivity index (χ2n) is 9.45. The Morgan fingerprint density at radius 2 is 1.76 bits per heavy atom. The molecular weight excluding hydrogens is 476 g/mol. The van der Waals surface area contributed by atoms with Crippen LogP contribution in [0.3, 0.4) is 0 Å². The van der Waals surface area contributed by atoms with E-state index in [4.69, 9.17) is 0 Å². The van der Waals surface area contributed by atoms with Crippen LogP contribution in [0.4, 0.5) is 0 Å². The lowest BCUT2D eigenvalue weighted by molar-refractivity contribution is -0.143. The molecule has 1 aliphatic heterocycles. The first-order valence-corrected chi connectivity index (χ1v) is 12.7. The molecule has 1 saturated heterocycles. The fraction of sp³-hybridized carbons (Fsp3) is 0.500. The average molecular weight is 513 g/mol. The predicted octanol–water partition coefficient (Wildman–Crippen LogP) is 0.532. The van der Waals surface area contributed by atoms with Crippen LogP contribution >= 0.6 is 0 Å². The zero-order chi connectivity index (χ0) is 26.8. The molecule has 6 N–H and O–H groups in total. The Morgan fingerprint density at radius 3 is 2.35 bits per heavy atom. The number of nitrogens with zero attached hydrogens (tertiary/aromatic N) is 1. The van der Waals surface area contributed by atoms with E-state index >= 15 is 0 Å². The average Bonchev–Trinajstić information content (AvgIpc) is 3.61. The van der Waals surface area contributed by atoms with Crippen LogP contribution in [-0.4, -0.2) is 69.5 Å². The van der Waals surface area contributed by atoms with E-state index in [9.17, 15) is 24.3 Å². The number of carboxylic acids is 1. The van der Waals surface area contributed by atoms with Crippen molar-refractivity contribution >= 4 is 23.7 Å². The third-order valence-corrected chi connectivity index (χ3v) is 6.68. The van der Waals surface area contributed by atoms with Crippen molar-refractivity contribution in [3.63, 3.8) is 0 Å². The summed E-state index contributed by atoms with van der Waals surface area (Å²) in [5, 5.41) is 20.9. The number of amides is 3. The quantitative estimate of drug-likeness (QED) is 0.228. The monoisotopic (exact) mass is 512 g/mol. The molecule has 11 nitrogen and oxygen atoms in total. The van der Waals surface area contributed by atoms with Crippen LogP contribution in [-0.2, 0) is 32.0 Å². The minimum absolute atomic E-state index is 0.147. The van der Waals surface area contributed by atoms with Crippen LogP contribution in [0, 0.1) is 5.92 Å². The Kier molecular flexibility index (Phi) is 10.2. The van der Waals surface area contributed by atoms with Crippen molar-refractivity contribution in [2.75, 3.05) is 6.54 Å². The summed E-state index contributed by atoms with van der Waals surface area (Å²) in [5.74, 6) is -2.88. The van der Waals surface area contributed by atoms with Crippen molar-refractivity contribution in [2.45, 2.75) is 70.1 Å². The van der Waals surface area contributed by atoms with Gasteiger partial charge in [-0.05, 0) is 30.9 Å². The normalized spacial score (nSPS) is 18.3. The highest BCUT2D eigenvalue weighted by molar-refractivity contribution is 5.94. The third kappa shape index (κ3) is 8.14. The summed E-state index contributed by atoms with van der Waals surface area (Å²) in [6.07, 6.45) is 5.45. The van der Waals surface area contributed by atoms with Crippen LogP contribution in [0.25, 0.3) is 0 Å². The zero-order valence-electron chi connectivity index (χ0n) is 21.2. The van der Waals surface area contributed by atoms with E-state index in [-0.39, 0.29) is 30.7 Å². The van der Waals surface area contributed by atoms with Gasteiger partial charge in [-0.3, -0.25) is 14.4 Å². The number of aromatic nitrogens is 2. The van der Waals surface area contributed by atoms with E-state index in [0.717, 1.165) is 18.5 Å². The van der Waals surface area contributed by atoms with Gasteiger partial charge in [-0.1, -0.05) is 50.6 Å². The summed E-state index contributed by atoms with van der Waals surface area (Å²) in [5.41, 5.74) is 1.44. The predicted molar refractivity (Wildman–Crippen MR) is 136 cm³/mol. The number of aliphatic carboxylic acids is 1. The van der Waals surface area contributed by atoms with Crippen LogP contribution in [0.1, 0.15) is 44.4 Å². The summed E-state index contributed by atoms with van der Waals surface area (Å²) < 4.78 is 0. The summed E-state index contributed by atoms with van der Waals surface area (Å²) in [6.45, 7) is 4.32. The van der Waals surface area contributed by atoms with E-state index in [2.05, 4.69) is 31.2 Å². The molecule has 0 aliphatic carbocycles. The molecule has 5 atom stereocenters. The zero-order valence-corrected chi connectivity index (χ0v) is 21.2. The topological polar surface area (TPSA) is 165 Å². The minimum atomic E-state index is -1.14. The Hall–Kier alpha value is -3.73. The van der Waals surface area contributed by atoms with E-state index < -0.39 is 35.9 Å². The number of aromatic amines is 1. The van der Waals surface area contributed by atoms with Gasteiger partial charge in [0, 0.05) is 24.7 Å². The maximum absolute atomic E-state index is 13.5. The lowest BCUT2D eigenvalue weighted by Crippen LogP contribution is -2.58. The van der Waals surface area contributed by atoms with Gasteiger partial charge in [0.1, 0.15) is 18.1 Å². The number of hydrogen-bond acceptors (Lipinski definition) is 6. The number of hydrogen-bond donors (Lipinski definition) is 6. The summed E-state index contributed by atoms with van der Waals surface area (Å²) in [4.78, 5) is 58.3. The SMILES string of the molecule is CCC(C)C(NC(=O)C(Cc1ccccc1)NC(=O)C(Cc1cnc[nH]1)NC(=O)C1CCCN1)C(=O)O. The number of imidazole rings is 1. The van der Waals surface area contributed by atoms with Crippen molar-refractivity contribution in [3.8, 4) is 0 Å². The molecule has 200 valence electrons. The smallest absolute Gasteiger partial charge is 0.326 e. The molecule has 5 unspecified atom stereocenters. The largest absolute Gasteiger partial charge is 0.480 e. The molecule has 11 heteroatoms. The maximum atomic E-state index is 13.5. The summed E-state index contributed by atoms with van der Waals surface area (Å²) in [6, 6.07) is 5.64. The van der Waals surface area contributed by atoms with E-state index in [1.807, 2.05) is 37.3 Å². The van der Waals surface area contributed by atoms with Crippen molar-refractivity contribution in [1.29, 1.82) is 0 Å². The lowest BCUT2D eigenvalue weighted by Gasteiger charge is -2.26. The summed E-state index contributed by atoms with van der Waals surface area (Å²) >= 11 is 0. The van der Waals surface area contributed by atoms with Crippen LogP contribution < -0.4 is 21.3 Å². The molecule has 1 aliphatic rings. The van der Waals surface area contributed by atoms with Crippen molar-refractivity contribution in [3.05, 3.63) is 54.1 Å². The van der Waals surface area contributed by atoms with Gasteiger partial charge >= 0.3 is 5.97 Å². The number of carbonyl (C=O) groups excluding carboxylic acids is 3. The molecule has 2 heterocycles. The Bertz CT molecular complexity index is 1040. The molecule has 3 rings (SSSR count). The minimum Gasteiger partial charge on any atom is -0.480 e. The van der Waals surface area contributed by atoms with Crippen molar-refractivity contribution < 1.29 is 24.3 Å². The Balaban J connectivity index is 1.80. The summed E-state index contributed by atoms with van der Waals surface area (Å²) in [7, 11) is 0. The van der Waals surface area contributed by atoms with Gasteiger partial charge < -0.3 is 31.4 Å². The van der Waals surface area contributed by atoms with Crippen LogP contribution in [0.15, 0.2) is 42.9 Å². The molecule has 0 bridgehead atoms. The molecule has 1 aromatic carbocycles. The number of rotatable bonds is 13. The second kappa shape index (κ2) is 13.5. The first-order valence-electron chi connectivity index (χ1n) is 12.7. The van der Waals surface area contributed by atoms with Crippen LogP contribution in [0.2, 0.25) is 0 Å². The fourth-order valence-corrected chi connectivity index (χ4v) is 4.27. The standard InChI is InChI=1S/C26H36N6O5/c1-3-16(2)22(26(36)37)32-25(35)20(12-17-8-5-4-6-9-17)30-24(34)21(13-18-14-27-15-29-18)31-23(33)19-10-7-11-28-19/h4-6,8-9,14-16,19-22,28H,3,7,10-13H2,1-2H3,(H,27,29)(H,30,34)(H,31,33)(H,32,35)(H,36,37). The van der Waals surface area contributed by atoms with E-state index in [1.54, 1.807) is 13.1 Å². The number of nitrogens with one attached hydrogen (secondary N) is 5. The molecule has 3 amide bonds. The fourth-order valence-electron chi connectivity index (χ4n) is 4.27. The number of carbonyl (C=O) groups is 4. The molecule has 0 spiro atoms. The first-order chi connectivity index (χ1) is 17.8.